The monoisotopic (exact) mass is 356 g/mol. The van der Waals surface area contributed by atoms with Gasteiger partial charge in [0.05, 0.1) is 0 Å². The van der Waals surface area contributed by atoms with E-state index >= 15 is 0 Å². The van der Waals surface area contributed by atoms with Gasteiger partial charge < -0.3 is 9.88 Å². The van der Waals surface area contributed by atoms with Crippen LogP contribution in [-0.2, 0) is 4.79 Å². The van der Waals surface area contributed by atoms with Crippen LogP contribution in [0, 0.1) is 32.1 Å². The maximum atomic E-state index is 12.5. The summed E-state index contributed by atoms with van der Waals surface area (Å²) < 4.78 is 2.00. The highest BCUT2D eigenvalue weighted by Gasteiger charge is 2.14. The molecule has 5 nitrogen and oxygen atoms in total. The Labute approximate surface area is 158 Å². The highest BCUT2D eigenvalue weighted by atomic mass is 16.1. The number of carbonyl (C=O) groups excluding carboxylic acids is 1. The van der Waals surface area contributed by atoms with Crippen LogP contribution >= 0.6 is 0 Å². The molecule has 3 aromatic rings. The number of nitrogens with zero attached hydrogens (tertiary/aromatic N) is 3. The Morgan fingerprint density at radius 2 is 1.89 bits per heavy atom. The number of hydrogen-bond acceptors (Lipinski definition) is 3. The van der Waals surface area contributed by atoms with Crippen molar-refractivity contribution in [2.24, 2.45) is 0 Å². The van der Waals surface area contributed by atoms with Gasteiger partial charge in [-0.25, -0.2) is 4.98 Å². The van der Waals surface area contributed by atoms with Gasteiger partial charge in [-0.05, 0) is 62.7 Å². The molecule has 134 valence electrons. The Morgan fingerprint density at radius 1 is 1.15 bits per heavy atom. The molecule has 0 atom stereocenters. The first-order valence-corrected chi connectivity index (χ1v) is 8.60. The third kappa shape index (κ3) is 3.96. The van der Waals surface area contributed by atoms with Crippen LogP contribution < -0.4 is 5.32 Å². The van der Waals surface area contributed by atoms with Crippen molar-refractivity contribution >= 4 is 17.7 Å². The van der Waals surface area contributed by atoms with Crippen LogP contribution in [0.1, 0.15) is 22.5 Å². The van der Waals surface area contributed by atoms with Gasteiger partial charge >= 0.3 is 0 Å². The van der Waals surface area contributed by atoms with Gasteiger partial charge in [-0.1, -0.05) is 23.8 Å². The second-order valence-corrected chi connectivity index (χ2v) is 6.34. The van der Waals surface area contributed by atoms with E-state index < -0.39 is 5.91 Å². The highest BCUT2D eigenvalue weighted by Crippen LogP contribution is 2.22. The summed E-state index contributed by atoms with van der Waals surface area (Å²) >= 11 is 0. The number of nitrogens with one attached hydrogen (secondary N) is 1. The van der Waals surface area contributed by atoms with E-state index in [0.717, 1.165) is 28.3 Å². The number of pyridine rings is 1. The van der Waals surface area contributed by atoms with E-state index in [4.69, 9.17) is 0 Å². The van der Waals surface area contributed by atoms with Crippen LogP contribution in [0.5, 0.6) is 0 Å². The molecule has 0 spiro atoms. The van der Waals surface area contributed by atoms with Gasteiger partial charge in [0, 0.05) is 23.3 Å². The number of hydrogen-bond donors (Lipinski definition) is 1. The predicted molar refractivity (Wildman–Crippen MR) is 106 cm³/mol. The summed E-state index contributed by atoms with van der Waals surface area (Å²) in [6.45, 7) is 5.89. The maximum absolute atomic E-state index is 12.5. The van der Waals surface area contributed by atoms with Gasteiger partial charge in [0.2, 0.25) is 0 Å². The molecule has 0 saturated carbocycles. The maximum Gasteiger partial charge on any atom is 0.266 e. The fourth-order valence-corrected chi connectivity index (χ4v) is 2.91. The molecule has 3 rings (SSSR count). The molecule has 0 radical (unpaired) electrons. The van der Waals surface area contributed by atoms with E-state index in [1.807, 2.05) is 79.9 Å². The number of aromatic nitrogens is 2. The number of anilines is 1. The SMILES string of the molecule is Cc1ccc(NC(=O)/C(C#N)=C\c2cc(C)n(-c3ccccn3)c2C)cc1. The molecule has 2 heterocycles. The lowest BCUT2D eigenvalue weighted by Crippen LogP contribution is -2.13. The first-order valence-electron chi connectivity index (χ1n) is 8.60. The van der Waals surface area contributed by atoms with E-state index in [1.54, 1.807) is 12.3 Å². The summed E-state index contributed by atoms with van der Waals surface area (Å²) in [6, 6.07) is 17.1. The third-order valence-electron chi connectivity index (χ3n) is 4.32. The molecule has 0 aliphatic rings. The van der Waals surface area contributed by atoms with E-state index in [9.17, 15) is 10.1 Å². The fourth-order valence-electron chi connectivity index (χ4n) is 2.91. The predicted octanol–water partition coefficient (Wildman–Crippen LogP) is 4.34. The van der Waals surface area contributed by atoms with Crippen LogP contribution in [0.25, 0.3) is 11.9 Å². The minimum Gasteiger partial charge on any atom is -0.321 e. The van der Waals surface area contributed by atoms with Crippen LogP contribution in [0.2, 0.25) is 0 Å². The number of nitriles is 1. The number of carbonyl (C=O) groups is 1. The van der Waals surface area contributed by atoms with Gasteiger partial charge in [-0.2, -0.15) is 5.26 Å². The second-order valence-electron chi connectivity index (χ2n) is 6.34. The quantitative estimate of drug-likeness (QED) is 0.558. The molecule has 0 fully saturated rings. The number of benzene rings is 1. The van der Waals surface area contributed by atoms with Gasteiger partial charge in [-0.15, -0.1) is 0 Å². The molecule has 0 aliphatic heterocycles. The summed E-state index contributed by atoms with van der Waals surface area (Å²) in [4.78, 5) is 16.9. The van der Waals surface area contributed by atoms with Crippen LogP contribution in [0.4, 0.5) is 5.69 Å². The van der Waals surface area contributed by atoms with Gasteiger partial charge in [0.15, 0.2) is 0 Å². The third-order valence-corrected chi connectivity index (χ3v) is 4.32. The van der Waals surface area contributed by atoms with Crippen molar-refractivity contribution in [1.29, 1.82) is 5.26 Å². The molecule has 1 amide bonds. The molecule has 5 heteroatoms. The number of amides is 1. The molecule has 2 aromatic heterocycles. The normalized spacial score (nSPS) is 11.1. The average Bonchev–Trinajstić information content (AvgIpc) is 2.95. The van der Waals surface area contributed by atoms with Crippen molar-refractivity contribution in [2.75, 3.05) is 5.32 Å². The van der Waals surface area contributed by atoms with E-state index in [0.29, 0.717) is 5.69 Å². The number of aryl methyl sites for hydroxylation is 2. The zero-order chi connectivity index (χ0) is 19.4. The summed E-state index contributed by atoms with van der Waals surface area (Å²) in [5, 5.41) is 12.2. The van der Waals surface area contributed by atoms with E-state index in [2.05, 4.69) is 10.3 Å². The van der Waals surface area contributed by atoms with Crippen molar-refractivity contribution in [3.8, 4) is 11.9 Å². The topological polar surface area (TPSA) is 70.7 Å². The van der Waals surface area contributed by atoms with Gasteiger partial charge in [0.25, 0.3) is 5.91 Å². The molecule has 1 aromatic carbocycles. The summed E-state index contributed by atoms with van der Waals surface area (Å²) in [5.41, 5.74) is 4.53. The van der Waals surface area contributed by atoms with Crippen molar-refractivity contribution in [3.63, 3.8) is 0 Å². The standard InChI is InChI=1S/C22H20N4O/c1-15-7-9-20(10-8-15)25-22(27)19(14-23)13-18-12-16(2)26(17(18)3)21-6-4-5-11-24-21/h4-13H,1-3H3,(H,25,27)/b19-13-. The molecule has 0 saturated heterocycles. The summed E-state index contributed by atoms with van der Waals surface area (Å²) in [6.07, 6.45) is 3.35. The summed E-state index contributed by atoms with van der Waals surface area (Å²) in [5.74, 6) is 0.374. The Bertz CT molecular complexity index is 1040. The summed E-state index contributed by atoms with van der Waals surface area (Å²) in [7, 11) is 0. The minimum absolute atomic E-state index is 0.0526. The molecule has 27 heavy (non-hydrogen) atoms. The van der Waals surface area contributed by atoms with Gasteiger partial charge in [0.1, 0.15) is 17.5 Å². The Balaban J connectivity index is 1.91. The van der Waals surface area contributed by atoms with E-state index in [-0.39, 0.29) is 5.57 Å². The second kappa shape index (κ2) is 7.71. The zero-order valence-corrected chi connectivity index (χ0v) is 15.5. The smallest absolute Gasteiger partial charge is 0.266 e. The van der Waals surface area contributed by atoms with Crippen molar-refractivity contribution in [3.05, 3.63) is 82.8 Å². The minimum atomic E-state index is -0.427. The zero-order valence-electron chi connectivity index (χ0n) is 15.5. The lowest BCUT2D eigenvalue weighted by molar-refractivity contribution is -0.112. The average molecular weight is 356 g/mol. The molecular formula is C22H20N4O. The molecular weight excluding hydrogens is 336 g/mol. The molecule has 0 aliphatic carbocycles. The molecule has 1 N–H and O–H groups in total. The Kier molecular flexibility index (Phi) is 5.18. The lowest BCUT2D eigenvalue weighted by atomic mass is 10.1. The van der Waals surface area contributed by atoms with Crippen molar-refractivity contribution in [2.45, 2.75) is 20.8 Å². The van der Waals surface area contributed by atoms with Gasteiger partial charge in [-0.3, -0.25) is 4.79 Å². The van der Waals surface area contributed by atoms with E-state index in [1.165, 1.54) is 0 Å². The van der Waals surface area contributed by atoms with Crippen molar-refractivity contribution < 1.29 is 4.79 Å². The first kappa shape index (κ1) is 18.2. The molecule has 0 bridgehead atoms. The van der Waals surface area contributed by atoms with Crippen LogP contribution in [0.15, 0.2) is 60.3 Å². The highest BCUT2D eigenvalue weighted by molar-refractivity contribution is 6.09. The van der Waals surface area contributed by atoms with Crippen molar-refractivity contribution in [1.82, 2.24) is 9.55 Å². The lowest BCUT2D eigenvalue weighted by Gasteiger charge is -2.08. The first-order chi connectivity index (χ1) is 13.0. The number of rotatable bonds is 4. The van der Waals surface area contributed by atoms with Crippen LogP contribution in [-0.4, -0.2) is 15.5 Å². The fraction of sp³-hybridized carbons (Fsp3) is 0.136. The van der Waals surface area contributed by atoms with Crippen LogP contribution in [0.3, 0.4) is 0 Å². The largest absolute Gasteiger partial charge is 0.321 e. The Hall–Kier alpha value is -3.65. The molecule has 0 unspecified atom stereocenters. The Morgan fingerprint density at radius 3 is 2.52 bits per heavy atom.